The summed E-state index contributed by atoms with van der Waals surface area (Å²) in [4.78, 5) is 15.1. The number of likely N-dealkylation sites (tertiary alicyclic amines) is 1. The summed E-state index contributed by atoms with van der Waals surface area (Å²) in [6.07, 6.45) is 1.79. The molecule has 150 valence electrons. The predicted molar refractivity (Wildman–Crippen MR) is 113 cm³/mol. The number of carbonyl (C=O) groups is 1. The summed E-state index contributed by atoms with van der Waals surface area (Å²) < 4.78 is 10.6. The zero-order chi connectivity index (χ0) is 20.1. The molecule has 0 spiro atoms. The standard InChI is InChI=1S/C21H24Cl2N2O3/c1-27-15-8-9-19(20(11-15)28-2)24-21(26)14-5-4-10-25(12-14)13-16-17(22)6-3-7-18(16)23/h3,6-9,11,14H,4-5,10,12-13H2,1-2H3,(H,24,26)/t14-/m1/s1. The van der Waals surface area contributed by atoms with Crippen LogP contribution in [0.2, 0.25) is 10.0 Å². The lowest BCUT2D eigenvalue weighted by molar-refractivity contribution is -0.121. The summed E-state index contributed by atoms with van der Waals surface area (Å²) >= 11 is 12.6. The van der Waals surface area contributed by atoms with Crippen LogP contribution in [0.3, 0.4) is 0 Å². The van der Waals surface area contributed by atoms with Gasteiger partial charge in [-0.3, -0.25) is 9.69 Å². The van der Waals surface area contributed by atoms with Gasteiger partial charge in [0.1, 0.15) is 11.5 Å². The smallest absolute Gasteiger partial charge is 0.228 e. The maximum absolute atomic E-state index is 12.8. The molecule has 0 radical (unpaired) electrons. The number of hydrogen-bond acceptors (Lipinski definition) is 4. The highest BCUT2D eigenvalue weighted by atomic mass is 35.5. The van der Waals surface area contributed by atoms with E-state index in [4.69, 9.17) is 32.7 Å². The van der Waals surface area contributed by atoms with Crippen molar-refractivity contribution >= 4 is 34.8 Å². The summed E-state index contributed by atoms with van der Waals surface area (Å²) in [5, 5.41) is 4.30. The number of benzene rings is 2. The van der Waals surface area contributed by atoms with Crippen LogP contribution < -0.4 is 14.8 Å². The molecule has 3 rings (SSSR count). The number of nitrogens with one attached hydrogen (secondary N) is 1. The molecule has 7 heteroatoms. The zero-order valence-corrected chi connectivity index (χ0v) is 17.5. The Morgan fingerprint density at radius 3 is 2.61 bits per heavy atom. The molecule has 1 atom stereocenters. The first-order valence-corrected chi connectivity index (χ1v) is 9.95. The van der Waals surface area contributed by atoms with Gasteiger partial charge in [-0.15, -0.1) is 0 Å². The molecule has 1 heterocycles. The molecule has 1 fully saturated rings. The molecular weight excluding hydrogens is 399 g/mol. The molecule has 2 aromatic rings. The van der Waals surface area contributed by atoms with Crippen molar-refractivity contribution < 1.29 is 14.3 Å². The normalized spacial score (nSPS) is 17.2. The second-order valence-corrected chi connectivity index (χ2v) is 7.64. The minimum atomic E-state index is -0.109. The second-order valence-electron chi connectivity index (χ2n) is 6.83. The summed E-state index contributed by atoms with van der Waals surface area (Å²) in [7, 11) is 3.16. The van der Waals surface area contributed by atoms with Crippen LogP contribution in [-0.2, 0) is 11.3 Å². The van der Waals surface area contributed by atoms with Gasteiger partial charge in [0.15, 0.2) is 0 Å². The molecule has 1 saturated heterocycles. The van der Waals surface area contributed by atoms with Crippen LogP contribution in [0.15, 0.2) is 36.4 Å². The van der Waals surface area contributed by atoms with Crippen molar-refractivity contribution in [1.29, 1.82) is 0 Å². The zero-order valence-electron chi connectivity index (χ0n) is 16.0. The van der Waals surface area contributed by atoms with E-state index < -0.39 is 0 Å². The molecule has 0 aromatic heterocycles. The van der Waals surface area contributed by atoms with Crippen LogP contribution in [0.4, 0.5) is 5.69 Å². The van der Waals surface area contributed by atoms with Crippen molar-refractivity contribution in [2.45, 2.75) is 19.4 Å². The highest BCUT2D eigenvalue weighted by Gasteiger charge is 2.27. The van der Waals surface area contributed by atoms with Gasteiger partial charge in [-0.05, 0) is 43.7 Å². The monoisotopic (exact) mass is 422 g/mol. The maximum Gasteiger partial charge on any atom is 0.228 e. The van der Waals surface area contributed by atoms with Gasteiger partial charge in [0.2, 0.25) is 5.91 Å². The van der Waals surface area contributed by atoms with E-state index in [0.29, 0.717) is 40.3 Å². The molecular formula is C21H24Cl2N2O3. The SMILES string of the molecule is COc1ccc(NC(=O)[C@@H]2CCCN(Cc3c(Cl)cccc3Cl)C2)c(OC)c1. The van der Waals surface area contributed by atoms with Crippen molar-refractivity contribution in [3.8, 4) is 11.5 Å². The topological polar surface area (TPSA) is 50.8 Å². The minimum absolute atomic E-state index is 0.0153. The van der Waals surface area contributed by atoms with Gasteiger partial charge in [-0.1, -0.05) is 29.3 Å². The highest BCUT2D eigenvalue weighted by molar-refractivity contribution is 6.35. The Balaban J connectivity index is 1.66. The number of piperidine rings is 1. The fourth-order valence-corrected chi connectivity index (χ4v) is 3.97. The van der Waals surface area contributed by atoms with Crippen molar-refractivity contribution in [2.24, 2.45) is 5.92 Å². The lowest BCUT2D eigenvalue weighted by atomic mass is 9.96. The minimum Gasteiger partial charge on any atom is -0.497 e. The second kappa shape index (κ2) is 9.50. The fraction of sp³-hybridized carbons (Fsp3) is 0.381. The first kappa shape index (κ1) is 20.8. The average molecular weight is 423 g/mol. The van der Waals surface area contributed by atoms with Crippen LogP contribution >= 0.6 is 23.2 Å². The van der Waals surface area contributed by atoms with E-state index in [0.717, 1.165) is 24.9 Å². The molecule has 0 saturated carbocycles. The van der Waals surface area contributed by atoms with Crippen molar-refractivity contribution in [2.75, 3.05) is 32.6 Å². The lowest BCUT2D eigenvalue weighted by Gasteiger charge is -2.32. The Kier molecular flexibility index (Phi) is 7.05. The predicted octanol–water partition coefficient (Wildman–Crippen LogP) is 4.86. The van der Waals surface area contributed by atoms with Gasteiger partial charge in [0.25, 0.3) is 0 Å². The lowest BCUT2D eigenvalue weighted by Crippen LogP contribution is -2.40. The van der Waals surface area contributed by atoms with Crippen molar-refractivity contribution in [3.63, 3.8) is 0 Å². The van der Waals surface area contributed by atoms with E-state index in [2.05, 4.69) is 10.2 Å². The summed E-state index contributed by atoms with van der Waals surface area (Å²) in [6, 6.07) is 10.9. The van der Waals surface area contributed by atoms with Gasteiger partial charge >= 0.3 is 0 Å². The van der Waals surface area contributed by atoms with E-state index in [1.807, 2.05) is 18.2 Å². The number of nitrogens with zero attached hydrogens (tertiary/aromatic N) is 1. The van der Waals surface area contributed by atoms with Crippen LogP contribution in [0.5, 0.6) is 11.5 Å². The van der Waals surface area contributed by atoms with E-state index in [1.54, 1.807) is 32.4 Å². The molecule has 28 heavy (non-hydrogen) atoms. The van der Waals surface area contributed by atoms with Gasteiger partial charge < -0.3 is 14.8 Å². The maximum atomic E-state index is 12.8. The third-order valence-electron chi connectivity index (χ3n) is 4.99. The number of anilines is 1. The van der Waals surface area contributed by atoms with Crippen LogP contribution in [0.25, 0.3) is 0 Å². The number of rotatable bonds is 6. The van der Waals surface area contributed by atoms with Gasteiger partial charge in [-0.25, -0.2) is 0 Å². The molecule has 0 unspecified atom stereocenters. The van der Waals surface area contributed by atoms with E-state index in [1.165, 1.54) is 0 Å². The molecule has 1 aliphatic heterocycles. The number of hydrogen-bond donors (Lipinski definition) is 1. The fourth-order valence-electron chi connectivity index (χ4n) is 3.46. The molecule has 1 aliphatic rings. The van der Waals surface area contributed by atoms with Gasteiger partial charge in [0.05, 0.1) is 25.8 Å². The molecule has 2 aromatic carbocycles. The Morgan fingerprint density at radius 1 is 1.18 bits per heavy atom. The quantitative estimate of drug-likeness (QED) is 0.721. The largest absolute Gasteiger partial charge is 0.497 e. The number of carbonyl (C=O) groups excluding carboxylic acids is 1. The van der Waals surface area contributed by atoms with Crippen LogP contribution in [0, 0.1) is 5.92 Å². The van der Waals surface area contributed by atoms with E-state index >= 15 is 0 Å². The summed E-state index contributed by atoms with van der Waals surface area (Å²) in [5.74, 6) is 1.12. The molecule has 1 amide bonds. The summed E-state index contributed by atoms with van der Waals surface area (Å²) in [5.41, 5.74) is 1.54. The molecule has 0 bridgehead atoms. The molecule has 1 N–H and O–H groups in total. The third kappa shape index (κ3) is 4.90. The van der Waals surface area contributed by atoms with Gasteiger partial charge in [-0.2, -0.15) is 0 Å². The molecule has 5 nitrogen and oxygen atoms in total. The average Bonchev–Trinajstić information content (AvgIpc) is 2.71. The Hall–Kier alpha value is -1.95. The van der Waals surface area contributed by atoms with Crippen molar-refractivity contribution in [1.82, 2.24) is 4.90 Å². The Morgan fingerprint density at radius 2 is 1.93 bits per heavy atom. The first-order chi connectivity index (χ1) is 13.5. The number of methoxy groups -OCH3 is 2. The third-order valence-corrected chi connectivity index (χ3v) is 5.69. The summed E-state index contributed by atoms with van der Waals surface area (Å²) in [6.45, 7) is 2.21. The van der Waals surface area contributed by atoms with Gasteiger partial charge in [0, 0.05) is 34.8 Å². The number of ether oxygens (including phenoxy) is 2. The highest BCUT2D eigenvalue weighted by Crippen LogP contribution is 2.31. The Bertz CT molecular complexity index is 824. The van der Waals surface area contributed by atoms with E-state index in [9.17, 15) is 4.79 Å². The number of amides is 1. The Labute approximate surface area is 175 Å². The first-order valence-electron chi connectivity index (χ1n) is 9.20. The van der Waals surface area contributed by atoms with Crippen molar-refractivity contribution in [3.05, 3.63) is 52.0 Å². The molecule has 0 aliphatic carbocycles. The van der Waals surface area contributed by atoms with Crippen LogP contribution in [0.1, 0.15) is 18.4 Å². The van der Waals surface area contributed by atoms with E-state index in [-0.39, 0.29) is 11.8 Å². The van der Waals surface area contributed by atoms with Crippen LogP contribution in [-0.4, -0.2) is 38.1 Å². The number of halogens is 2.